The molecule has 0 atom stereocenters. The lowest BCUT2D eigenvalue weighted by molar-refractivity contribution is 0.240. The summed E-state index contributed by atoms with van der Waals surface area (Å²) in [6, 6.07) is 8.94. The molecule has 0 bridgehead atoms. The summed E-state index contributed by atoms with van der Waals surface area (Å²) in [5.74, 6) is 0.682. The lowest BCUT2D eigenvalue weighted by atomic mass is 9.97. The Morgan fingerprint density at radius 1 is 1.12 bits per heavy atom. The van der Waals surface area contributed by atoms with Gasteiger partial charge in [0.2, 0.25) is 5.89 Å². The van der Waals surface area contributed by atoms with E-state index in [9.17, 15) is 0 Å². The minimum Gasteiger partial charge on any atom is -0.413 e. The third-order valence-electron chi connectivity index (χ3n) is 4.73. The van der Waals surface area contributed by atoms with Gasteiger partial charge >= 0.3 is 0 Å². The molecule has 1 saturated heterocycles. The van der Waals surface area contributed by atoms with E-state index in [4.69, 9.17) is 16.6 Å². The molecule has 3 rings (SSSR count). The van der Waals surface area contributed by atoms with Crippen LogP contribution in [-0.4, -0.2) is 34.8 Å². The fraction of sp³-hybridized carbons (Fsp3) is 0.600. The van der Waals surface area contributed by atoms with Gasteiger partial charge in [0.25, 0.3) is 4.84 Å². The first-order valence-electron chi connectivity index (χ1n) is 9.44. The van der Waals surface area contributed by atoms with Gasteiger partial charge in [-0.2, -0.15) is 0 Å². The number of aromatic nitrogens is 2. The molecule has 0 unspecified atom stereocenters. The molecule has 1 aromatic heterocycles. The van der Waals surface area contributed by atoms with Crippen molar-refractivity contribution in [2.75, 3.05) is 25.0 Å². The van der Waals surface area contributed by atoms with Gasteiger partial charge in [-0.05, 0) is 56.2 Å². The number of rotatable bonds is 5. The summed E-state index contributed by atoms with van der Waals surface area (Å²) in [7, 11) is 2.08. The van der Waals surface area contributed by atoms with Crippen molar-refractivity contribution in [3.8, 4) is 0 Å². The average molecular weight is 375 g/mol. The second-order valence-electron chi connectivity index (χ2n) is 8.29. The maximum atomic E-state index is 5.65. The van der Waals surface area contributed by atoms with Crippen LogP contribution < -0.4 is 4.90 Å². The molecule has 1 aromatic carbocycles. The number of benzene rings is 1. The molecule has 1 aliphatic heterocycles. The Morgan fingerprint density at radius 3 is 2.35 bits per heavy atom. The van der Waals surface area contributed by atoms with E-state index < -0.39 is 0 Å². The van der Waals surface area contributed by atoms with Crippen LogP contribution in [0.3, 0.4) is 0 Å². The molecular formula is C20H30N4OS. The first-order valence-corrected chi connectivity index (χ1v) is 9.84. The Balaban J connectivity index is 1.60. The predicted molar refractivity (Wildman–Crippen MR) is 108 cm³/mol. The maximum absolute atomic E-state index is 5.65. The van der Waals surface area contributed by atoms with Crippen molar-refractivity contribution in [2.24, 2.45) is 0 Å². The van der Waals surface area contributed by atoms with Crippen LogP contribution >= 0.6 is 12.2 Å². The smallest absolute Gasteiger partial charge is 0.288 e. The number of hydrogen-bond donors (Lipinski definition) is 0. The minimum atomic E-state index is -0.137. The van der Waals surface area contributed by atoms with Crippen molar-refractivity contribution in [2.45, 2.75) is 58.7 Å². The summed E-state index contributed by atoms with van der Waals surface area (Å²) in [6.45, 7) is 10.0. The monoisotopic (exact) mass is 374 g/mol. The zero-order valence-electron chi connectivity index (χ0n) is 16.4. The Labute approximate surface area is 161 Å². The van der Waals surface area contributed by atoms with Gasteiger partial charge in [0.05, 0.1) is 6.67 Å². The molecule has 0 spiro atoms. The van der Waals surface area contributed by atoms with Gasteiger partial charge in [0, 0.05) is 30.7 Å². The first-order chi connectivity index (χ1) is 12.3. The van der Waals surface area contributed by atoms with Crippen LogP contribution in [0.25, 0.3) is 0 Å². The summed E-state index contributed by atoms with van der Waals surface area (Å²) in [5, 5.41) is 4.54. The van der Waals surface area contributed by atoms with Crippen LogP contribution in [0, 0.1) is 4.84 Å². The molecule has 2 aromatic rings. The highest BCUT2D eigenvalue weighted by Crippen LogP contribution is 2.22. The van der Waals surface area contributed by atoms with Gasteiger partial charge < -0.3 is 9.32 Å². The third kappa shape index (κ3) is 4.74. The van der Waals surface area contributed by atoms with Crippen LogP contribution in [0.2, 0.25) is 0 Å². The molecule has 142 valence electrons. The topological polar surface area (TPSA) is 37.4 Å². The highest BCUT2D eigenvalue weighted by atomic mass is 32.1. The molecule has 5 nitrogen and oxygen atoms in total. The van der Waals surface area contributed by atoms with Gasteiger partial charge in [0.15, 0.2) is 0 Å². The quantitative estimate of drug-likeness (QED) is 0.716. The molecule has 0 amide bonds. The maximum Gasteiger partial charge on any atom is 0.288 e. The number of hydrogen-bond acceptors (Lipinski definition) is 5. The van der Waals surface area contributed by atoms with Gasteiger partial charge in [-0.15, -0.1) is 5.10 Å². The van der Waals surface area contributed by atoms with E-state index in [-0.39, 0.29) is 5.41 Å². The molecule has 0 N–H and O–H groups in total. The molecule has 1 fully saturated rings. The fourth-order valence-corrected chi connectivity index (χ4v) is 3.43. The molecular weight excluding hydrogens is 344 g/mol. The zero-order chi connectivity index (χ0) is 18.7. The van der Waals surface area contributed by atoms with Crippen molar-refractivity contribution in [1.82, 2.24) is 14.7 Å². The second kappa shape index (κ2) is 7.92. The van der Waals surface area contributed by atoms with E-state index in [1.165, 1.54) is 43.6 Å². The van der Waals surface area contributed by atoms with Crippen LogP contribution in [0.15, 0.2) is 28.7 Å². The van der Waals surface area contributed by atoms with E-state index in [0.29, 0.717) is 17.4 Å². The SMILES string of the molecule is CN(Cc1ccc(N2CCCCC2)cc1)Cn1nc(C(C)(C)C)oc1=S. The lowest BCUT2D eigenvalue weighted by Crippen LogP contribution is -2.29. The molecule has 1 aliphatic rings. The standard InChI is InChI=1S/C20H30N4OS/c1-20(2,3)18-21-24(19(26)25-18)15-22(4)14-16-8-10-17(11-9-16)23-12-6-5-7-13-23/h8-11H,5-7,12-15H2,1-4H3. The van der Waals surface area contributed by atoms with E-state index in [1.807, 2.05) is 0 Å². The number of anilines is 1. The Hall–Kier alpha value is -1.66. The van der Waals surface area contributed by atoms with E-state index in [1.54, 1.807) is 4.68 Å². The van der Waals surface area contributed by atoms with E-state index in [0.717, 1.165) is 6.54 Å². The van der Waals surface area contributed by atoms with Crippen molar-refractivity contribution in [1.29, 1.82) is 0 Å². The molecule has 6 heteroatoms. The summed E-state index contributed by atoms with van der Waals surface area (Å²) in [6.07, 6.45) is 3.97. The number of nitrogens with zero attached hydrogens (tertiary/aromatic N) is 4. The predicted octanol–water partition coefficient (Wildman–Crippen LogP) is 4.58. The molecule has 2 heterocycles. The van der Waals surface area contributed by atoms with Gasteiger partial charge in [-0.3, -0.25) is 4.90 Å². The summed E-state index contributed by atoms with van der Waals surface area (Å²) in [5.41, 5.74) is 2.49. The Bertz CT molecular complexity index is 766. The van der Waals surface area contributed by atoms with Gasteiger partial charge in [-0.25, -0.2) is 4.68 Å². The van der Waals surface area contributed by atoms with Crippen molar-refractivity contribution < 1.29 is 4.42 Å². The highest BCUT2D eigenvalue weighted by Gasteiger charge is 2.21. The minimum absolute atomic E-state index is 0.137. The van der Waals surface area contributed by atoms with Crippen molar-refractivity contribution in [3.63, 3.8) is 0 Å². The van der Waals surface area contributed by atoms with Crippen LogP contribution in [0.5, 0.6) is 0 Å². The third-order valence-corrected chi connectivity index (χ3v) is 5.03. The van der Waals surface area contributed by atoms with E-state index in [2.05, 4.69) is 67.0 Å². The molecule has 26 heavy (non-hydrogen) atoms. The summed E-state index contributed by atoms with van der Waals surface area (Å²) >= 11 is 5.32. The van der Waals surface area contributed by atoms with E-state index >= 15 is 0 Å². The first kappa shape index (κ1) is 19.1. The van der Waals surface area contributed by atoms with Crippen LogP contribution in [-0.2, 0) is 18.6 Å². The molecule has 0 saturated carbocycles. The fourth-order valence-electron chi connectivity index (χ4n) is 3.25. The molecule has 0 aliphatic carbocycles. The Morgan fingerprint density at radius 2 is 1.77 bits per heavy atom. The van der Waals surface area contributed by atoms with Crippen LogP contribution in [0.1, 0.15) is 51.5 Å². The van der Waals surface area contributed by atoms with Crippen LogP contribution in [0.4, 0.5) is 5.69 Å². The number of piperidine rings is 1. The largest absolute Gasteiger partial charge is 0.413 e. The summed E-state index contributed by atoms with van der Waals surface area (Å²) in [4.78, 5) is 5.11. The lowest BCUT2D eigenvalue weighted by Gasteiger charge is -2.29. The zero-order valence-corrected chi connectivity index (χ0v) is 17.2. The normalized spacial score (nSPS) is 15.7. The average Bonchev–Trinajstić information content (AvgIpc) is 2.97. The van der Waals surface area contributed by atoms with Gasteiger partial charge in [0.1, 0.15) is 0 Å². The Kier molecular flexibility index (Phi) is 5.82. The summed E-state index contributed by atoms with van der Waals surface area (Å²) < 4.78 is 7.41. The molecule has 0 radical (unpaired) electrons. The van der Waals surface area contributed by atoms with Crippen molar-refractivity contribution >= 4 is 17.9 Å². The highest BCUT2D eigenvalue weighted by molar-refractivity contribution is 7.71. The van der Waals surface area contributed by atoms with Crippen molar-refractivity contribution in [3.05, 3.63) is 40.6 Å². The van der Waals surface area contributed by atoms with Gasteiger partial charge in [-0.1, -0.05) is 32.9 Å². The second-order valence-corrected chi connectivity index (χ2v) is 8.64.